The molecule has 168 valence electrons. The molecule has 0 unspecified atom stereocenters. The van der Waals surface area contributed by atoms with Crippen molar-refractivity contribution >= 4 is 15.9 Å². The molecule has 0 heterocycles. The van der Waals surface area contributed by atoms with Gasteiger partial charge in [0.25, 0.3) is 0 Å². The average molecular weight is 464 g/mol. The summed E-state index contributed by atoms with van der Waals surface area (Å²) in [6, 6.07) is 18.2. The highest BCUT2D eigenvalue weighted by atomic mass is 32.2. The number of ether oxygens (including phenoxy) is 3. The lowest BCUT2D eigenvalue weighted by molar-refractivity contribution is -0.274. The summed E-state index contributed by atoms with van der Waals surface area (Å²) < 4.78 is 76.3. The highest BCUT2D eigenvalue weighted by Crippen LogP contribution is 2.24. The first kappa shape index (κ1) is 23.2. The molecular formula is C23H19F3O5S. The first-order chi connectivity index (χ1) is 15.1. The molecule has 0 saturated carbocycles. The Morgan fingerprint density at radius 2 is 1.53 bits per heavy atom. The minimum atomic E-state index is -4.76. The van der Waals surface area contributed by atoms with Gasteiger partial charge in [0.15, 0.2) is 9.84 Å². The second-order valence-electron chi connectivity index (χ2n) is 6.58. The summed E-state index contributed by atoms with van der Waals surface area (Å²) in [6.07, 6.45) is -3.30. The first-order valence-corrected chi connectivity index (χ1v) is 10.8. The van der Waals surface area contributed by atoms with Gasteiger partial charge in [-0.2, -0.15) is 0 Å². The van der Waals surface area contributed by atoms with E-state index in [2.05, 4.69) is 4.74 Å². The fourth-order valence-corrected chi connectivity index (χ4v) is 3.70. The standard InChI is InChI=1S/C23H19F3O5S/c1-29-19-9-11-22(12-10-19)32(27,28)14-13-17-5-7-20(8-6-17)30-16-18-3-2-4-21(15-18)31-23(24,25)26/h2-15H,16H2,1H3/b14-13+. The molecule has 0 saturated heterocycles. The van der Waals surface area contributed by atoms with Gasteiger partial charge < -0.3 is 14.2 Å². The smallest absolute Gasteiger partial charge is 0.497 e. The van der Waals surface area contributed by atoms with Gasteiger partial charge in [-0.15, -0.1) is 13.2 Å². The van der Waals surface area contributed by atoms with Crippen LogP contribution >= 0.6 is 0 Å². The van der Waals surface area contributed by atoms with Crippen LogP contribution in [-0.4, -0.2) is 21.9 Å². The van der Waals surface area contributed by atoms with E-state index < -0.39 is 16.2 Å². The third-order valence-corrected chi connectivity index (χ3v) is 5.67. The lowest BCUT2D eigenvalue weighted by Gasteiger charge is -2.11. The van der Waals surface area contributed by atoms with Gasteiger partial charge >= 0.3 is 6.36 Å². The zero-order valence-electron chi connectivity index (χ0n) is 16.9. The second kappa shape index (κ2) is 9.78. The molecule has 0 aliphatic rings. The molecule has 0 aromatic heterocycles. The van der Waals surface area contributed by atoms with E-state index in [9.17, 15) is 21.6 Å². The van der Waals surface area contributed by atoms with Crippen molar-refractivity contribution in [3.8, 4) is 17.2 Å². The SMILES string of the molecule is COc1ccc(S(=O)(=O)/C=C/c2ccc(OCc3cccc(OC(F)(F)F)c3)cc2)cc1. The molecule has 3 aromatic carbocycles. The van der Waals surface area contributed by atoms with Crippen molar-refractivity contribution in [2.45, 2.75) is 17.9 Å². The minimum Gasteiger partial charge on any atom is -0.497 e. The Morgan fingerprint density at radius 3 is 2.16 bits per heavy atom. The molecule has 0 atom stereocenters. The van der Waals surface area contributed by atoms with Crippen LogP contribution in [0.25, 0.3) is 6.08 Å². The van der Waals surface area contributed by atoms with Crippen LogP contribution in [-0.2, 0) is 16.4 Å². The zero-order valence-corrected chi connectivity index (χ0v) is 17.7. The summed E-state index contributed by atoms with van der Waals surface area (Å²) in [5.74, 6) is 0.711. The average Bonchev–Trinajstić information content (AvgIpc) is 2.76. The Hall–Kier alpha value is -3.46. The molecule has 0 aliphatic heterocycles. The van der Waals surface area contributed by atoms with Crippen LogP contribution in [0.3, 0.4) is 0 Å². The van der Waals surface area contributed by atoms with E-state index in [1.165, 1.54) is 43.5 Å². The van der Waals surface area contributed by atoms with E-state index in [0.29, 0.717) is 22.6 Å². The van der Waals surface area contributed by atoms with Crippen molar-refractivity contribution in [3.05, 3.63) is 89.3 Å². The largest absolute Gasteiger partial charge is 0.573 e. The molecule has 3 aromatic rings. The Bertz CT molecular complexity index is 1170. The molecule has 0 radical (unpaired) electrons. The van der Waals surface area contributed by atoms with Crippen LogP contribution in [0, 0.1) is 0 Å². The molecule has 0 aliphatic carbocycles. The third-order valence-electron chi connectivity index (χ3n) is 4.25. The summed E-state index contributed by atoms with van der Waals surface area (Å²) in [7, 11) is -2.12. The summed E-state index contributed by atoms with van der Waals surface area (Å²) in [5, 5.41) is 1.11. The summed E-state index contributed by atoms with van der Waals surface area (Å²) >= 11 is 0. The number of halogens is 3. The van der Waals surface area contributed by atoms with Crippen LogP contribution in [0.1, 0.15) is 11.1 Å². The van der Waals surface area contributed by atoms with Crippen LogP contribution in [0.2, 0.25) is 0 Å². The number of benzene rings is 3. The maximum atomic E-state index is 12.4. The van der Waals surface area contributed by atoms with Crippen molar-refractivity contribution in [1.29, 1.82) is 0 Å². The van der Waals surface area contributed by atoms with Crippen molar-refractivity contribution in [2.24, 2.45) is 0 Å². The van der Waals surface area contributed by atoms with Gasteiger partial charge in [0.1, 0.15) is 23.9 Å². The lowest BCUT2D eigenvalue weighted by Crippen LogP contribution is -2.17. The quantitative estimate of drug-likeness (QED) is 0.433. The zero-order chi connectivity index (χ0) is 23.2. The maximum Gasteiger partial charge on any atom is 0.573 e. The topological polar surface area (TPSA) is 61.8 Å². The van der Waals surface area contributed by atoms with Crippen LogP contribution in [0.4, 0.5) is 13.2 Å². The Balaban J connectivity index is 1.61. The molecule has 32 heavy (non-hydrogen) atoms. The second-order valence-corrected chi connectivity index (χ2v) is 8.41. The van der Waals surface area contributed by atoms with Gasteiger partial charge in [0.05, 0.1) is 12.0 Å². The van der Waals surface area contributed by atoms with Gasteiger partial charge in [-0.05, 0) is 65.7 Å². The summed E-state index contributed by atoms with van der Waals surface area (Å²) in [5.41, 5.74) is 1.14. The number of hydrogen-bond donors (Lipinski definition) is 0. The van der Waals surface area contributed by atoms with Gasteiger partial charge in [-0.25, -0.2) is 8.42 Å². The van der Waals surface area contributed by atoms with Gasteiger partial charge in [0.2, 0.25) is 0 Å². The number of hydrogen-bond acceptors (Lipinski definition) is 5. The van der Waals surface area contributed by atoms with E-state index in [-0.39, 0.29) is 17.3 Å². The molecule has 0 amide bonds. The number of sulfone groups is 1. The highest BCUT2D eigenvalue weighted by molar-refractivity contribution is 7.94. The molecule has 0 spiro atoms. The van der Waals surface area contributed by atoms with Crippen molar-refractivity contribution in [1.82, 2.24) is 0 Å². The predicted molar refractivity (Wildman–Crippen MR) is 113 cm³/mol. The van der Waals surface area contributed by atoms with Gasteiger partial charge in [-0.1, -0.05) is 24.3 Å². The minimum absolute atomic E-state index is 0.0378. The fraction of sp³-hybridized carbons (Fsp3) is 0.130. The van der Waals surface area contributed by atoms with E-state index >= 15 is 0 Å². The van der Waals surface area contributed by atoms with E-state index in [1.54, 1.807) is 42.5 Å². The molecule has 0 N–H and O–H groups in total. The summed E-state index contributed by atoms with van der Waals surface area (Å²) in [6.45, 7) is 0.0378. The number of alkyl halides is 3. The van der Waals surface area contributed by atoms with Crippen LogP contribution in [0.15, 0.2) is 83.1 Å². The van der Waals surface area contributed by atoms with Crippen molar-refractivity contribution in [3.63, 3.8) is 0 Å². The van der Waals surface area contributed by atoms with E-state index in [0.717, 1.165) is 5.41 Å². The number of methoxy groups -OCH3 is 1. The monoisotopic (exact) mass is 464 g/mol. The highest BCUT2D eigenvalue weighted by Gasteiger charge is 2.31. The maximum absolute atomic E-state index is 12.4. The molecular weight excluding hydrogens is 445 g/mol. The normalized spacial score (nSPS) is 12.0. The Kier molecular flexibility index (Phi) is 7.09. The van der Waals surface area contributed by atoms with E-state index in [4.69, 9.17) is 9.47 Å². The lowest BCUT2D eigenvalue weighted by atomic mass is 10.2. The van der Waals surface area contributed by atoms with Gasteiger partial charge in [0, 0.05) is 5.41 Å². The Morgan fingerprint density at radius 1 is 0.875 bits per heavy atom. The fourth-order valence-electron chi connectivity index (χ4n) is 2.69. The number of rotatable bonds is 8. The summed E-state index contributed by atoms with van der Waals surface area (Å²) in [4.78, 5) is 0.145. The molecule has 0 fully saturated rings. The third kappa shape index (κ3) is 6.78. The van der Waals surface area contributed by atoms with Crippen LogP contribution < -0.4 is 14.2 Å². The van der Waals surface area contributed by atoms with E-state index in [1.807, 2.05) is 0 Å². The molecule has 5 nitrogen and oxygen atoms in total. The van der Waals surface area contributed by atoms with Gasteiger partial charge in [-0.3, -0.25) is 0 Å². The molecule has 0 bridgehead atoms. The first-order valence-electron chi connectivity index (χ1n) is 9.29. The van der Waals surface area contributed by atoms with Crippen molar-refractivity contribution < 1.29 is 35.8 Å². The van der Waals surface area contributed by atoms with Crippen LogP contribution in [0.5, 0.6) is 17.2 Å². The molecule has 9 heteroatoms. The van der Waals surface area contributed by atoms with Crippen molar-refractivity contribution in [2.75, 3.05) is 7.11 Å². The predicted octanol–water partition coefficient (Wildman–Crippen LogP) is 5.62. The Labute approximate surface area is 183 Å². The molecule has 3 rings (SSSR count).